The largest absolute Gasteiger partial charge is 0.490 e. The lowest BCUT2D eigenvalue weighted by Gasteiger charge is -2.32. The van der Waals surface area contributed by atoms with E-state index in [0.717, 1.165) is 74.3 Å². The number of hydrogen-bond donors (Lipinski definition) is 0. The molecule has 2 fully saturated rings. The van der Waals surface area contributed by atoms with Gasteiger partial charge in [-0.3, -0.25) is 9.59 Å². The van der Waals surface area contributed by atoms with Crippen molar-refractivity contribution in [3.8, 4) is 5.75 Å². The van der Waals surface area contributed by atoms with Crippen LogP contribution in [-0.2, 0) is 4.79 Å². The summed E-state index contributed by atoms with van der Waals surface area (Å²) in [6, 6.07) is 7.64. The summed E-state index contributed by atoms with van der Waals surface area (Å²) in [5.41, 5.74) is 0.752. The number of fused-ring (bicyclic) bond motifs is 2. The minimum absolute atomic E-state index is 0.0969. The highest BCUT2D eigenvalue weighted by Gasteiger charge is 2.34. The number of likely N-dealkylation sites (tertiary alicyclic amines) is 1. The van der Waals surface area contributed by atoms with Crippen molar-refractivity contribution >= 4 is 11.7 Å². The number of rotatable bonds is 10. The van der Waals surface area contributed by atoms with E-state index in [0.29, 0.717) is 12.8 Å². The Balaban J connectivity index is 1.21. The van der Waals surface area contributed by atoms with Crippen LogP contribution in [0.3, 0.4) is 0 Å². The van der Waals surface area contributed by atoms with Crippen LogP contribution in [0.5, 0.6) is 5.75 Å². The number of Topliss-reactive ketones (excluding diaryl/α,β-unsaturated/α-hetero) is 1. The Hall–Kier alpha value is -2.36. The molecule has 1 aromatic carbocycles. The highest BCUT2D eigenvalue weighted by atomic mass is 16.5. The van der Waals surface area contributed by atoms with Crippen LogP contribution in [0.2, 0.25) is 0 Å². The second-order valence-electron chi connectivity index (χ2n) is 9.41. The van der Waals surface area contributed by atoms with Crippen molar-refractivity contribution in [3.63, 3.8) is 0 Å². The molecule has 1 saturated heterocycles. The highest BCUT2D eigenvalue weighted by molar-refractivity contribution is 5.96. The predicted molar refractivity (Wildman–Crippen MR) is 123 cm³/mol. The van der Waals surface area contributed by atoms with Gasteiger partial charge in [-0.15, -0.1) is 6.58 Å². The fourth-order valence-electron chi connectivity index (χ4n) is 5.44. The van der Waals surface area contributed by atoms with E-state index in [1.165, 1.54) is 12.8 Å². The summed E-state index contributed by atoms with van der Waals surface area (Å²) < 4.78 is 6.16. The zero-order chi connectivity index (χ0) is 21.6. The van der Waals surface area contributed by atoms with Gasteiger partial charge in [-0.2, -0.15) is 0 Å². The third kappa shape index (κ3) is 5.66. The van der Waals surface area contributed by atoms with Crippen LogP contribution in [0.1, 0.15) is 68.1 Å². The number of ether oxygens (including phenoxy) is 1. The summed E-state index contributed by atoms with van der Waals surface area (Å²) in [5, 5.41) is 0. The number of amides is 1. The van der Waals surface area contributed by atoms with Gasteiger partial charge in [0.1, 0.15) is 11.9 Å². The van der Waals surface area contributed by atoms with Gasteiger partial charge >= 0.3 is 0 Å². The summed E-state index contributed by atoms with van der Waals surface area (Å²) in [7, 11) is 0. The van der Waals surface area contributed by atoms with Gasteiger partial charge in [0.2, 0.25) is 5.91 Å². The van der Waals surface area contributed by atoms with E-state index in [9.17, 15) is 9.59 Å². The van der Waals surface area contributed by atoms with Crippen LogP contribution < -0.4 is 4.74 Å². The molecule has 3 unspecified atom stereocenters. The topological polar surface area (TPSA) is 46.6 Å². The summed E-state index contributed by atoms with van der Waals surface area (Å²) in [5.74, 6) is 3.53. The van der Waals surface area contributed by atoms with Crippen LogP contribution in [0.25, 0.3) is 0 Å². The molecule has 1 aromatic rings. The van der Waals surface area contributed by atoms with Crippen molar-refractivity contribution in [1.29, 1.82) is 0 Å². The van der Waals surface area contributed by atoms with E-state index < -0.39 is 0 Å². The summed E-state index contributed by atoms with van der Waals surface area (Å²) in [6.45, 7) is 5.15. The number of piperidine rings is 1. The van der Waals surface area contributed by atoms with Crippen LogP contribution in [0, 0.1) is 17.8 Å². The molecule has 3 aliphatic rings. The minimum atomic E-state index is 0.0969. The highest BCUT2D eigenvalue weighted by Crippen LogP contribution is 2.45. The van der Waals surface area contributed by atoms with E-state index in [-0.39, 0.29) is 17.8 Å². The first-order chi connectivity index (χ1) is 15.1. The molecule has 0 radical (unpaired) electrons. The van der Waals surface area contributed by atoms with Gasteiger partial charge in [-0.1, -0.05) is 30.4 Å². The molecule has 31 heavy (non-hydrogen) atoms. The monoisotopic (exact) mass is 421 g/mol. The first-order valence-electron chi connectivity index (χ1n) is 12.0. The van der Waals surface area contributed by atoms with Crippen molar-refractivity contribution in [2.45, 2.75) is 63.9 Å². The molecule has 1 heterocycles. The minimum Gasteiger partial charge on any atom is -0.490 e. The van der Waals surface area contributed by atoms with E-state index in [2.05, 4.69) is 18.7 Å². The number of ketones is 1. The third-order valence-corrected chi connectivity index (χ3v) is 7.21. The standard InChI is InChI=1S/C27H35NO3/c1-2-3-10-27(30)28-15-13-24(14-16-28)31-25-8-4-7-23(19-25)26(29)9-5-6-21-17-20-11-12-22(21)18-20/h2,4,7-8,11-12,19-22,24H,1,3,5-6,9-10,13-18H2. The zero-order valence-corrected chi connectivity index (χ0v) is 18.5. The van der Waals surface area contributed by atoms with Gasteiger partial charge in [0.25, 0.3) is 0 Å². The van der Waals surface area contributed by atoms with Gasteiger partial charge < -0.3 is 9.64 Å². The average molecular weight is 422 g/mol. The molecule has 1 amide bonds. The van der Waals surface area contributed by atoms with Crippen molar-refractivity contribution in [2.24, 2.45) is 17.8 Å². The fourth-order valence-corrected chi connectivity index (χ4v) is 5.44. The van der Waals surface area contributed by atoms with Crippen LogP contribution >= 0.6 is 0 Å². The van der Waals surface area contributed by atoms with Gasteiger partial charge in [0, 0.05) is 44.3 Å². The maximum absolute atomic E-state index is 12.7. The molecule has 0 aromatic heterocycles. The number of benzene rings is 1. The second kappa shape index (κ2) is 10.3. The summed E-state index contributed by atoms with van der Waals surface area (Å²) in [4.78, 5) is 26.8. The Morgan fingerprint density at radius 2 is 1.97 bits per heavy atom. The molecular weight excluding hydrogens is 386 g/mol. The predicted octanol–water partition coefficient (Wildman–Crippen LogP) is 5.59. The quantitative estimate of drug-likeness (QED) is 0.366. The van der Waals surface area contributed by atoms with Crippen LogP contribution in [0.4, 0.5) is 0 Å². The molecule has 2 aliphatic carbocycles. The molecule has 0 spiro atoms. The number of carbonyl (C=O) groups is 2. The summed E-state index contributed by atoms with van der Waals surface area (Å²) in [6.07, 6.45) is 15.0. The average Bonchev–Trinajstić information content (AvgIpc) is 3.41. The van der Waals surface area contributed by atoms with Gasteiger partial charge in [0.05, 0.1) is 0 Å². The third-order valence-electron chi connectivity index (χ3n) is 7.21. The normalized spacial score (nSPS) is 25.0. The van der Waals surface area contributed by atoms with E-state index in [4.69, 9.17) is 4.74 Å². The van der Waals surface area contributed by atoms with E-state index in [1.807, 2.05) is 29.2 Å². The van der Waals surface area contributed by atoms with Crippen molar-refractivity contribution < 1.29 is 14.3 Å². The Labute approximate surface area is 186 Å². The molecule has 3 atom stereocenters. The molecule has 1 saturated carbocycles. The first kappa shape index (κ1) is 21.9. The van der Waals surface area contributed by atoms with E-state index >= 15 is 0 Å². The molecule has 0 N–H and O–H groups in total. The maximum atomic E-state index is 12.7. The molecule has 2 bridgehead atoms. The lowest BCUT2D eigenvalue weighted by molar-refractivity contribution is -0.132. The molecule has 4 heteroatoms. The Morgan fingerprint density at radius 3 is 2.68 bits per heavy atom. The number of allylic oxidation sites excluding steroid dienone is 3. The Bertz CT molecular complexity index is 822. The molecule has 4 rings (SSSR count). The first-order valence-corrected chi connectivity index (χ1v) is 12.0. The molecule has 1 aliphatic heterocycles. The second-order valence-corrected chi connectivity index (χ2v) is 9.41. The zero-order valence-electron chi connectivity index (χ0n) is 18.5. The smallest absolute Gasteiger partial charge is 0.222 e. The number of carbonyl (C=O) groups excluding carboxylic acids is 2. The molecule has 4 nitrogen and oxygen atoms in total. The fraction of sp³-hybridized carbons (Fsp3) is 0.556. The van der Waals surface area contributed by atoms with Crippen molar-refractivity contribution in [1.82, 2.24) is 4.90 Å². The maximum Gasteiger partial charge on any atom is 0.222 e. The van der Waals surface area contributed by atoms with Crippen LogP contribution in [0.15, 0.2) is 49.1 Å². The van der Waals surface area contributed by atoms with Gasteiger partial charge in [0.15, 0.2) is 5.78 Å². The van der Waals surface area contributed by atoms with Crippen molar-refractivity contribution in [3.05, 3.63) is 54.6 Å². The van der Waals surface area contributed by atoms with Gasteiger partial charge in [-0.25, -0.2) is 0 Å². The SMILES string of the molecule is C=CCCC(=O)N1CCC(Oc2cccc(C(=O)CCCC3CC4C=CC3C4)c2)CC1. The summed E-state index contributed by atoms with van der Waals surface area (Å²) >= 11 is 0. The lowest BCUT2D eigenvalue weighted by atomic mass is 9.88. The lowest BCUT2D eigenvalue weighted by Crippen LogP contribution is -2.41. The molecule has 166 valence electrons. The number of hydrogen-bond acceptors (Lipinski definition) is 3. The van der Waals surface area contributed by atoms with E-state index in [1.54, 1.807) is 6.08 Å². The number of nitrogens with zero attached hydrogens (tertiary/aromatic N) is 1. The van der Waals surface area contributed by atoms with Crippen LogP contribution in [-0.4, -0.2) is 35.8 Å². The van der Waals surface area contributed by atoms with Crippen molar-refractivity contribution in [2.75, 3.05) is 13.1 Å². The Morgan fingerprint density at radius 1 is 1.13 bits per heavy atom. The van der Waals surface area contributed by atoms with Gasteiger partial charge in [-0.05, 0) is 62.0 Å². The molecular formula is C27H35NO3. The Kier molecular flexibility index (Phi) is 7.26.